The third-order valence-electron chi connectivity index (χ3n) is 16.7. The Morgan fingerprint density at radius 2 is 0.729 bits per heavy atom. The number of allylic oxidation sites excluding steroid dienone is 15. The van der Waals surface area contributed by atoms with Crippen LogP contribution in [0.1, 0.15) is 322 Å². The summed E-state index contributed by atoms with van der Waals surface area (Å²) in [4.78, 5) is 13.1. The highest BCUT2D eigenvalue weighted by molar-refractivity contribution is 5.76. The Morgan fingerprint density at radius 3 is 1.08 bits per heavy atom. The molecule has 0 spiro atoms. The van der Waals surface area contributed by atoms with Crippen LogP contribution < -0.4 is 5.32 Å². The minimum atomic E-state index is -1.57. The Kier molecular flexibility index (Phi) is 60.4. The van der Waals surface area contributed by atoms with Gasteiger partial charge in [0, 0.05) is 6.42 Å². The van der Waals surface area contributed by atoms with E-state index in [1.54, 1.807) is 6.08 Å². The first-order valence-corrected chi connectivity index (χ1v) is 36.0. The quantitative estimate of drug-likeness (QED) is 0.0261. The van der Waals surface area contributed by atoms with E-state index in [0.29, 0.717) is 6.42 Å². The largest absolute Gasteiger partial charge is 0.394 e. The average Bonchev–Trinajstić information content (AvgIpc) is 3.57. The van der Waals surface area contributed by atoms with E-state index < -0.39 is 49.5 Å². The summed E-state index contributed by atoms with van der Waals surface area (Å²) in [7, 11) is 0. The van der Waals surface area contributed by atoms with Gasteiger partial charge in [0.25, 0.3) is 0 Å². The monoisotopic (exact) mass is 1190 g/mol. The van der Waals surface area contributed by atoms with E-state index in [4.69, 9.17) is 9.47 Å². The fourth-order valence-corrected chi connectivity index (χ4v) is 11.1. The van der Waals surface area contributed by atoms with Gasteiger partial charge in [-0.2, -0.15) is 0 Å². The van der Waals surface area contributed by atoms with Gasteiger partial charge < -0.3 is 40.3 Å². The third kappa shape index (κ3) is 52.7. The Hall–Kier alpha value is -2.89. The smallest absolute Gasteiger partial charge is 0.220 e. The van der Waals surface area contributed by atoms with Crippen LogP contribution in [0.5, 0.6) is 0 Å². The molecule has 7 atom stereocenters. The van der Waals surface area contributed by atoms with E-state index in [2.05, 4.69) is 104 Å². The van der Waals surface area contributed by atoms with E-state index in [1.807, 2.05) is 6.08 Å². The molecule has 1 rings (SSSR count). The maximum Gasteiger partial charge on any atom is 0.220 e. The molecule has 1 saturated heterocycles. The molecule has 0 radical (unpaired) electrons. The van der Waals surface area contributed by atoms with E-state index in [9.17, 15) is 30.3 Å². The summed E-state index contributed by atoms with van der Waals surface area (Å²) in [6.45, 7) is 3.70. The second kappa shape index (κ2) is 64.1. The van der Waals surface area contributed by atoms with Gasteiger partial charge in [0.2, 0.25) is 5.91 Å². The predicted octanol–water partition coefficient (Wildman–Crippen LogP) is 19.9. The van der Waals surface area contributed by atoms with Crippen molar-refractivity contribution in [3.63, 3.8) is 0 Å². The van der Waals surface area contributed by atoms with Crippen LogP contribution in [-0.2, 0) is 14.3 Å². The molecule has 1 fully saturated rings. The number of aliphatic hydroxyl groups excluding tert-OH is 5. The Labute approximate surface area is 523 Å². The van der Waals surface area contributed by atoms with Crippen molar-refractivity contribution in [1.29, 1.82) is 0 Å². The maximum absolute atomic E-state index is 13.1. The zero-order valence-electron chi connectivity index (χ0n) is 55.1. The first kappa shape index (κ1) is 80.1. The van der Waals surface area contributed by atoms with Gasteiger partial charge in [-0.25, -0.2) is 0 Å². The van der Waals surface area contributed by atoms with Crippen LogP contribution in [0.2, 0.25) is 0 Å². The Bertz CT molecular complexity index is 1670. The van der Waals surface area contributed by atoms with Gasteiger partial charge in [-0.15, -0.1) is 0 Å². The summed E-state index contributed by atoms with van der Waals surface area (Å²) in [5.41, 5.74) is 0. The van der Waals surface area contributed by atoms with Gasteiger partial charge >= 0.3 is 0 Å². The Morgan fingerprint density at radius 1 is 0.412 bits per heavy atom. The summed E-state index contributed by atoms with van der Waals surface area (Å²) in [5, 5.41) is 54.8. The number of rotatable bonds is 62. The van der Waals surface area contributed by atoms with Crippen molar-refractivity contribution >= 4 is 5.91 Å². The van der Waals surface area contributed by atoms with Crippen LogP contribution in [-0.4, -0.2) is 87.5 Å². The molecule has 9 heteroatoms. The van der Waals surface area contributed by atoms with Crippen molar-refractivity contribution in [1.82, 2.24) is 5.32 Å². The number of unbranched alkanes of at least 4 members (excludes halogenated alkanes) is 38. The lowest BCUT2D eigenvalue weighted by atomic mass is 9.99. The molecule has 492 valence electrons. The predicted molar refractivity (Wildman–Crippen MR) is 364 cm³/mol. The second-order valence-electron chi connectivity index (χ2n) is 24.7. The van der Waals surface area contributed by atoms with Gasteiger partial charge in [-0.05, 0) is 77.0 Å². The van der Waals surface area contributed by atoms with Crippen molar-refractivity contribution in [2.45, 2.75) is 365 Å². The fourth-order valence-electron chi connectivity index (χ4n) is 11.1. The van der Waals surface area contributed by atoms with E-state index in [0.717, 1.165) is 83.5 Å². The number of carbonyl (C=O) groups excluding carboxylic acids is 1. The molecule has 0 aromatic carbocycles. The summed E-state index contributed by atoms with van der Waals surface area (Å²) in [5.74, 6) is -0.176. The number of aliphatic hydroxyl groups is 5. The standard InChI is InChI=1S/C76H135NO8/c1-3-5-7-9-11-13-15-17-19-21-23-25-27-29-30-31-32-33-34-35-36-37-38-39-40-42-44-46-48-50-52-54-56-58-60-62-64-66-72(80)77-69(68-84-76-75(83)74(82)73(81)71(67-78)85-76)70(79)65-63-61-59-57-55-53-51-49-47-45-43-41-28-26-24-22-20-18-16-14-12-10-8-6-4-2/h5,7,11,13,17,19,23,25,29-30,32-33,35-36,63,65,69-71,73-76,78-79,81-83H,3-4,6,8-10,12,14-16,18,20-22,24,26-28,31,34,37-62,64,66-68H2,1-2H3,(H,77,80)/b7-5-,13-11-,19-17-,25-23-,30-29-,33-32-,36-35-,65-63+. The minimum Gasteiger partial charge on any atom is -0.394 e. The summed E-state index contributed by atoms with van der Waals surface area (Å²) < 4.78 is 11.3. The van der Waals surface area contributed by atoms with Crippen molar-refractivity contribution in [2.24, 2.45) is 0 Å². The van der Waals surface area contributed by atoms with Gasteiger partial charge in [0.15, 0.2) is 6.29 Å². The summed E-state index contributed by atoms with van der Waals surface area (Å²) in [6.07, 6.45) is 86.5. The van der Waals surface area contributed by atoms with Crippen molar-refractivity contribution in [3.8, 4) is 0 Å². The molecule has 0 aromatic rings. The highest BCUT2D eigenvalue weighted by atomic mass is 16.7. The highest BCUT2D eigenvalue weighted by Gasteiger charge is 2.44. The number of ether oxygens (including phenoxy) is 2. The first-order chi connectivity index (χ1) is 41.8. The van der Waals surface area contributed by atoms with E-state index >= 15 is 0 Å². The van der Waals surface area contributed by atoms with E-state index in [-0.39, 0.29) is 12.5 Å². The molecule has 1 aliphatic heterocycles. The van der Waals surface area contributed by atoms with Crippen LogP contribution in [0, 0.1) is 0 Å². The van der Waals surface area contributed by atoms with Crippen molar-refractivity contribution < 1.29 is 39.8 Å². The summed E-state index contributed by atoms with van der Waals surface area (Å²) >= 11 is 0. The molecule has 0 aliphatic carbocycles. The van der Waals surface area contributed by atoms with Gasteiger partial charge in [-0.1, -0.05) is 336 Å². The second-order valence-corrected chi connectivity index (χ2v) is 24.7. The molecule has 85 heavy (non-hydrogen) atoms. The molecule has 7 unspecified atom stereocenters. The van der Waals surface area contributed by atoms with Crippen LogP contribution in [0.4, 0.5) is 0 Å². The van der Waals surface area contributed by atoms with Gasteiger partial charge in [0.05, 0.1) is 25.4 Å². The van der Waals surface area contributed by atoms with Crippen molar-refractivity contribution in [3.05, 3.63) is 97.2 Å². The SMILES string of the molecule is CC/C=C\C/C=C\C/C=C\C/C=C\C/C=C\C/C=C\C/C=C\CCCCCCCCCCCCCCCCCC(=O)NC(COC1OC(CO)C(O)C(O)C1O)C(O)/C=C/CCCCCCCCCCCCCCCCCCCCCCCCC. The third-order valence-corrected chi connectivity index (χ3v) is 16.7. The molecule has 1 aliphatic rings. The fraction of sp³-hybridized carbons (Fsp3) is 0.776. The number of hydrogen-bond donors (Lipinski definition) is 6. The molecule has 6 N–H and O–H groups in total. The average molecular weight is 1190 g/mol. The van der Waals surface area contributed by atoms with Gasteiger partial charge in [-0.3, -0.25) is 4.79 Å². The van der Waals surface area contributed by atoms with Crippen LogP contribution in [0.15, 0.2) is 97.2 Å². The van der Waals surface area contributed by atoms with Crippen LogP contribution >= 0.6 is 0 Å². The number of amides is 1. The maximum atomic E-state index is 13.1. The number of nitrogens with one attached hydrogen (secondary N) is 1. The van der Waals surface area contributed by atoms with Crippen LogP contribution in [0.3, 0.4) is 0 Å². The van der Waals surface area contributed by atoms with E-state index in [1.165, 1.54) is 218 Å². The molecule has 9 nitrogen and oxygen atoms in total. The number of carbonyl (C=O) groups is 1. The zero-order chi connectivity index (χ0) is 61.4. The molecular formula is C76H135NO8. The molecule has 1 amide bonds. The molecule has 0 bridgehead atoms. The molecule has 1 heterocycles. The summed E-state index contributed by atoms with van der Waals surface area (Å²) in [6, 6.07) is -0.811. The Balaban J connectivity index is 2.12. The number of hydrogen-bond acceptors (Lipinski definition) is 8. The van der Waals surface area contributed by atoms with Gasteiger partial charge in [0.1, 0.15) is 24.4 Å². The topological polar surface area (TPSA) is 149 Å². The first-order valence-electron chi connectivity index (χ1n) is 36.0. The molecular weight excluding hydrogens is 1050 g/mol. The lowest BCUT2D eigenvalue weighted by Crippen LogP contribution is -2.60. The minimum absolute atomic E-state index is 0.176. The highest BCUT2D eigenvalue weighted by Crippen LogP contribution is 2.23. The molecule has 0 saturated carbocycles. The zero-order valence-corrected chi connectivity index (χ0v) is 55.1. The normalized spacial score (nSPS) is 18.7. The van der Waals surface area contributed by atoms with Crippen molar-refractivity contribution in [2.75, 3.05) is 13.2 Å². The lowest BCUT2D eigenvalue weighted by molar-refractivity contribution is -0.302. The van der Waals surface area contributed by atoms with Crippen LogP contribution in [0.25, 0.3) is 0 Å². The molecule has 0 aromatic heterocycles. The lowest BCUT2D eigenvalue weighted by Gasteiger charge is -2.40.